The van der Waals surface area contributed by atoms with Crippen LogP contribution in [0.25, 0.3) is 0 Å². The molecule has 0 aliphatic carbocycles. The van der Waals surface area contributed by atoms with E-state index in [1.165, 1.54) is 12.1 Å². The molecule has 1 aliphatic rings. The first-order valence-electron chi connectivity index (χ1n) is 6.23. The molecule has 0 radical (unpaired) electrons. The van der Waals surface area contributed by atoms with Crippen LogP contribution in [0.2, 0.25) is 0 Å². The summed E-state index contributed by atoms with van der Waals surface area (Å²) in [5.74, 6) is 0.295. The fourth-order valence-electron chi connectivity index (χ4n) is 2.40. The highest BCUT2D eigenvalue weighted by Crippen LogP contribution is 2.34. The zero-order chi connectivity index (χ0) is 13.2. The Labute approximate surface area is 110 Å². The zero-order valence-corrected chi connectivity index (χ0v) is 10.3. The second kappa shape index (κ2) is 4.84. The lowest BCUT2D eigenvalue weighted by atomic mass is 9.93. The summed E-state index contributed by atoms with van der Waals surface area (Å²) in [6.45, 7) is 0.382. The van der Waals surface area contributed by atoms with Crippen LogP contribution in [-0.2, 0) is 11.2 Å². The SMILES string of the molecule is O=C(Cc1cccc(F)c1)C1COc2ccccc21. The third-order valence-electron chi connectivity index (χ3n) is 3.36. The summed E-state index contributed by atoms with van der Waals surface area (Å²) in [5.41, 5.74) is 1.64. The quantitative estimate of drug-likeness (QED) is 0.843. The Bertz CT molecular complexity index is 622. The Hall–Kier alpha value is -2.16. The first-order chi connectivity index (χ1) is 9.24. The standard InChI is InChI=1S/C16H13FO2/c17-12-5-3-4-11(8-12)9-15(18)14-10-19-16-7-2-1-6-13(14)16/h1-8,14H,9-10H2. The van der Waals surface area contributed by atoms with Crippen molar-refractivity contribution in [2.24, 2.45) is 0 Å². The van der Waals surface area contributed by atoms with E-state index in [2.05, 4.69) is 0 Å². The molecule has 2 aromatic rings. The Morgan fingerprint density at radius 3 is 2.89 bits per heavy atom. The van der Waals surface area contributed by atoms with E-state index < -0.39 is 0 Å². The summed E-state index contributed by atoms with van der Waals surface area (Å²) in [7, 11) is 0. The van der Waals surface area contributed by atoms with Crippen LogP contribution in [0, 0.1) is 5.82 Å². The van der Waals surface area contributed by atoms with E-state index >= 15 is 0 Å². The number of carbonyl (C=O) groups is 1. The van der Waals surface area contributed by atoms with Gasteiger partial charge in [-0.3, -0.25) is 4.79 Å². The van der Waals surface area contributed by atoms with Crippen molar-refractivity contribution in [1.82, 2.24) is 0 Å². The van der Waals surface area contributed by atoms with E-state index in [4.69, 9.17) is 4.74 Å². The highest BCUT2D eigenvalue weighted by Gasteiger charge is 2.29. The number of benzene rings is 2. The number of hydrogen-bond acceptors (Lipinski definition) is 2. The maximum Gasteiger partial charge on any atom is 0.148 e. The van der Waals surface area contributed by atoms with Gasteiger partial charge in [0.05, 0.1) is 5.92 Å². The smallest absolute Gasteiger partial charge is 0.148 e. The van der Waals surface area contributed by atoms with Crippen LogP contribution in [0.4, 0.5) is 4.39 Å². The first-order valence-corrected chi connectivity index (χ1v) is 6.23. The molecule has 0 saturated carbocycles. The molecule has 1 aliphatic heterocycles. The Kier molecular flexibility index (Phi) is 3.03. The molecule has 2 nitrogen and oxygen atoms in total. The third kappa shape index (κ3) is 2.36. The van der Waals surface area contributed by atoms with Crippen LogP contribution < -0.4 is 4.74 Å². The van der Waals surface area contributed by atoms with Gasteiger partial charge in [-0.15, -0.1) is 0 Å². The van der Waals surface area contributed by atoms with Crippen molar-refractivity contribution in [2.45, 2.75) is 12.3 Å². The van der Waals surface area contributed by atoms with Crippen molar-refractivity contribution in [3.8, 4) is 5.75 Å². The van der Waals surface area contributed by atoms with E-state index in [0.29, 0.717) is 12.2 Å². The third-order valence-corrected chi connectivity index (χ3v) is 3.36. The van der Waals surface area contributed by atoms with Crippen molar-refractivity contribution in [1.29, 1.82) is 0 Å². The lowest BCUT2D eigenvalue weighted by Crippen LogP contribution is -2.16. The number of ether oxygens (including phenoxy) is 1. The van der Waals surface area contributed by atoms with Gasteiger partial charge in [0.1, 0.15) is 24.0 Å². The molecule has 1 atom stereocenters. The van der Waals surface area contributed by atoms with Crippen molar-refractivity contribution in [3.63, 3.8) is 0 Å². The molecule has 0 amide bonds. The molecule has 1 heterocycles. The lowest BCUT2D eigenvalue weighted by Gasteiger charge is -2.08. The monoisotopic (exact) mass is 256 g/mol. The van der Waals surface area contributed by atoms with Crippen LogP contribution in [0.5, 0.6) is 5.75 Å². The van der Waals surface area contributed by atoms with Crippen LogP contribution >= 0.6 is 0 Å². The minimum absolute atomic E-state index is 0.0653. The second-order valence-electron chi connectivity index (χ2n) is 4.67. The van der Waals surface area contributed by atoms with Gasteiger partial charge in [-0.1, -0.05) is 30.3 Å². The number of ketones is 1. The zero-order valence-electron chi connectivity index (χ0n) is 10.3. The maximum absolute atomic E-state index is 13.1. The maximum atomic E-state index is 13.1. The average molecular weight is 256 g/mol. The van der Waals surface area contributed by atoms with Crippen molar-refractivity contribution < 1.29 is 13.9 Å². The molecule has 3 heteroatoms. The summed E-state index contributed by atoms with van der Waals surface area (Å²) in [5, 5.41) is 0. The van der Waals surface area contributed by atoms with Crippen molar-refractivity contribution in [3.05, 3.63) is 65.5 Å². The van der Waals surface area contributed by atoms with Gasteiger partial charge >= 0.3 is 0 Å². The summed E-state index contributed by atoms with van der Waals surface area (Å²) in [6.07, 6.45) is 0.236. The van der Waals surface area contributed by atoms with Gasteiger partial charge < -0.3 is 4.74 Å². The summed E-state index contributed by atoms with van der Waals surface area (Å²) < 4.78 is 18.6. The average Bonchev–Trinajstić information content (AvgIpc) is 2.82. The number of fused-ring (bicyclic) bond motifs is 1. The number of hydrogen-bond donors (Lipinski definition) is 0. The lowest BCUT2D eigenvalue weighted by molar-refractivity contribution is -0.120. The normalized spacial score (nSPS) is 16.8. The molecular weight excluding hydrogens is 243 g/mol. The second-order valence-corrected chi connectivity index (χ2v) is 4.67. The number of rotatable bonds is 3. The van der Waals surface area contributed by atoms with Gasteiger partial charge in [-0.05, 0) is 23.8 Å². The molecule has 0 fully saturated rings. The number of Topliss-reactive ketones (excluding diaryl/α,β-unsaturated/α-hetero) is 1. The Morgan fingerprint density at radius 2 is 2.05 bits per heavy atom. The number of halogens is 1. The van der Waals surface area contributed by atoms with E-state index in [0.717, 1.165) is 11.3 Å². The largest absolute Gasteiger partial charge is 0.492 e. The molecule has 1 unspecified atom stereocenters. The molecule has 0 aromatic heterocycles. The predicted molar refractivity (Wildman–Crippen MR) is 69.8 cm³/mol. The molecule has 96 valence electrons. The summed E-state index contributed by atoms with van der Waals surface area (Å²) in [4.78, 5) is 12.3. The van der Waals surface area contributed by atoms with Gasteiger partial charge in [0.25, 0.3) is 0 Å². The van der Waals surface area contributed by atoms with Crippen LogP contribution in [0.1, 0.15) is 17.0 Å². The Morgan fingerprint density at radius 1 is 1.21 bits per heavy atom. The molecule has 0 bridgehead atoms. The van der Waals surface area contributed by atoms with Gasteiger partial charge in [-0.25, -0.2) is 4.39 Å². The summed E-state index contributed by atoms with van der Waals surface area (Å²) in [6, 6.07) is 13.7. The minimum atomic E-state index is -0.312. The van der Waals surface area contributed by atoms with E-state index in [1.807, 2.05) is 24.3 Å². The summed E-state index contributed by atoms with van der Waals surface area (Å²) >= 11 is 0. The fraction of sp³-hybridized carbons (Fsp3) is 0.188. The van der Waals surface area contributed by atoms with Crippen molar-refractivity contribution in [2.75, 3.05) is 6.61 Å². The van der Waals surface area contributed by atoms with E-state index in [1.54, 1.807) is 12.1 Å². The topological polar surface area (TPSA) is 26.3 Å². The van der Waals surface area contributed by atoms with Gasteiger partial charge in [0.15, 0.2) is 0 Å². The minimum Gasteiger partial charge on any atom is -0.492 e. The van der Waals surface area contributed by atoms with Gasteiger partial charge in [-0.2, -0.15) is 0 Å². The predicted octanol–water partition coefficient (Wildman–Crippen LogP) is 3.11. The van der Waals surface area contributed by atoms with Crippen molar-refractivity contribution >= 4 is 5.78 Å². The van der Waals surface area contributed by atoms with Crippen LogP contribution in [0.15, 0.2) is 48.5 Å². The highest BCUT2D eigenvalue weighted by molar-refractivity contribution is 5.89. The van der Waals surface area contributed by atoms with E-state index in [9.17, 15) is 9.18 Å². The molecule has 0 spiro atoms. The number of para-hydroxylation sites is 1. The number of carbonyl (C=O) groups excluding carboxylic acids is 1. The van der Waals surface area contributed by atoms with Crippen LogP contribution in [-0.4, -0.2) is 12.4 Å². The van der Waals surface area contributed by atoms with Gasteiger partial charge in [0.2, 0.25) is 0 Å². The van der Waals surface area contributed by atoms with Crippen LogP contribution in [0.3, 0.4) is 0 Å². The van der Waals surface area contributed by atoms with E-state index in [-0.39, 0.29) is 23.9 Å². The highest BCUT2D eigenvalue weighted by atomic mass is 19.1. The molecule has 0 N–H and O–H groups in total. The molecular formula is C16H13FO2. The Balaban J connectivity index is 1.79. The molecule has 0 saturated heterocycles. The first kappa shape index (κ1) is 11.9. The molecule has 3 rings (SSSR count). The fourth-order valence-corrected chi connectivity index (χ4v) is 2.40. The van der Waals surface area contributed by atoms with Gasteiger partial charge in [0, 0.05) is 12.0 Å². The molecule has 2 aromatic carbocycles. The molecule has 19 heavy (non-hydrogen) atoms.